The highest BCUT2D eigenvalue weighted by Gasteiger charge is 2.28. The van der Waals surface area contributed by atoms with E-state index in [0.717, 1.165) is 0 Å². The summed E-state index contributed by atoms with van der Waals surface area (Å²) >= 11 is 0. The molecule has 0 aromatic heterocycles. The Morgan fingerprint density at radius 1 is 1.18 bits per heavy atom. The van der Waals surface area contributed by atoms with Crippen molar-refractivity contribution in [1.82, 2.24) is 0 Å². The van der Waals surface area contributed by atoms with Crippen LogP contribution in [0.5, 0.6) is 0 Å². The summed E-state index contributed by atoms with van der Waals surface area (Å²) in [6.45, 7) is 11.8. The highest BCUT2D eigenvalue weighted by Crippen LogP contribution is 2.20. The van der Waals surface area contributed by atoms with Gasteiger partial charge in [-0.1, -0.05) is 27.7 Å². The minimum absolute atomic E-state index is 0.0711. The maximum Gasteiger partial charge on any atom is 0.310 e. The van der Waals surface area contributed by atoms with Crippen molar-refractivity contribution >= 4 is 12.4 Å². The fraction of sp³-hybridized carbons (Fsp3) is 0.846. The quantitative estimate of drug-likeness (QED) is 0.510. The van der Waals surface area contributed by atoms with Crippen molar-refractivity contribution in [3.8, 4) is 0 Å². The predicted octanol–water partition coefficient (Wildman–Crippen LogP) is 2.55. The van der Waals surface area contributed by atoms with Crippen LogP contribution in [0.3, 0.4) is 0 Å². The number of rotatable bonds is 7. The summed E-state index contributed by atoms with van der Waals surface area (Å²) < 4.78 is 10.2. The molecular weight excluding hydrogens is 220 g/mol. The lowest BCUT2D eigenvalue weighted by atomic mass is 9.96. The number of carbonyl (C=O) groups excluding carboxylic acids is 2. The average Bonchev–Trinajstić information content (AvgIpc) is 2.11. The van der Waals surface area contributed by atoms with E-state index in [1.807, 2.05) is 27.7 Å². The second-order valence-electron chi connectivity index (χ2n) is 5.59. The van der Waals surface area contributed by atoms with Gasteiger partial charge in [0.15, 0.2) is 0 Å². The van der Waals surface area contributed by atoms with E-state index in [1.54, 1.807) is 13.8 Å². The van der Waals surface area contributed by atoms with Crippen molar-refractivity contribution in [2.24, 2.45) is 11.8 Å². The topological polar surface area (TPSA) is 52.6 Å². The first-order valence-electron chi connectivity index (χ1n) is 6.00. The van der Waals surface area contributed by atoms with Gasteiger partial charge < -0.3 is 9.47 Å². The Morgan fingerprint density at radius 3 is 2.00 bits per heavy atom. The summed E-state index contributed by atoms with van der Waals surface area (Å²) in [6, 6.07) is 0. The Hall–Kier alpha value is -1.06. The molecule has 4 nitrogen and oxygen atoms in total. The van der Waals surface area contributed by atoms with Crippen LogP contribution < -0.4 is 0 Å². The van der Waals surface area contributed by atoms with Gasteiger partial charge in [0.2, 0.25) is 0 Å². The van der Waals surface area contributed by atoms with E-state index in [-0.39, 0.29) is 30.3 Å². The Labute approximate surface area is 104 Å². The maximum absolute atomic E-state index is 11.7. The van der Waals surface area contributed by atoms with E-state index in [9.17, 15) is 9.59 Å². The molecule has 0 aliphatic carbocycles. The van der Waals surface area contributed by atoms with Crippen LogP contribution in [-0.2, 0) is 19.1 Å². The summed E-state index contributed by atoms with van der Waals surface area (Å²) in [5, 5.41) is 0. The van der Waals surface area contributed by atoms with Crippen LogP contribution in [0.15, 0.2) is 0 Å². The second-order valence-corrected chi connectivity index (χ2v) is 5.59. The van der Waals surface area contributed by atoms with Crippen molar-refractivity contribution in [2.75, 3.05) is 0 Å². The summed E-state index contributed by atoms with van der Waals surface area (Å²) in [4.78, 5) is 22.0. The first kappa shape index (κ1) is 15.9. The number of carbonyl (C=O) groups is 2. The van der Waals surface area contributed by atoms with Crippen molar-refractivity contribution < 1.29 is 19.1 Å². The van der Waals surface area contributed by atoms with E-state index < -0.39 is 5.60 Å². The molecule has 0 atom stereocenters. The molecule has 0 aromatic carbocycles. The van der Waals surface area contributed by atoms with E-state index in [4.69, 9.17) is 9.47 Å². The molecule has 0 unspecified atom stereocenters. The van der Waals surface area contributed by atoms with Crippen LogP contribution in [0, 0.1) is 11.8 Å². The molecule has 0 fully saturated rings. The molecule has 0 aromatic rings. The van der Waals surface area contributed by atoms with E-state index in [1.165, 1.54) is 0 Å². The highest BCUT2D eigenvalue weighted by atomic mass is 16.6. The number of esters is 1. The van der Waals surface area contributed by atoms with Crippen LogP contribution in [0.25, 0.3) is 0 Å². The van der Waals surface area contributed by atoms with Gasteiger partial charge in [0.05, 0.1) is 6.42 Å². The Morgan fingerprint density at radius 2 is 1.65 bits per heavy atom. The molecule has 4 heteroatoms. The molecule has 0 heterocycles. The lowest BCUT2D eigenvalue weighted by Crippen LogP contribution is -2.33. The fourth-order valence-electron chi connectivity index (χ4n) is 1.75. The zero-order valence-corrected chi connectivity index (χ0v) is 11.6. The van der Waals surface area contributed by atoms with E-state index in [2.05, 4.69) is 0 Å². The number of ether oxygens (including phenoxy) is 2. The molecule has 0 aliphatic heterocycles. The second kappa shape index (κ2) is 6.62. The number of hydrogen-bond acceptors (Lipinski definition) is 4. The molecular formula is C13H24O4. The van der Waals surface area contributed by atoms with Gasteiger partial charge in [-0.2, -0.15) is 0 Å². The molecule has 0 aliphatic rings. The SMILES string of the molecule is CC(C)C(OC(=O)CC(C)(C)OC=O)C(C)C. The lowest BCUT2D eigenvalue weighted by Gasteiger charge is -2.27. The van der Waals surface area contributed by atoms with Gasteiger partial charge in [-0.25, -0.2) is 0 Å². The molecule has 0 radical (unpaired) electrons. The van der Waals surface area contributed by atoms with Crippen molar-refractivity contribution in [3.05, 3.63) is 0 Å². The van der Waals surface area contributed by atoms with Gasteiger partial charge in [-0.3, -0.25) is 9.59 Å². The van der Waals surface area contributed by atoms with Gasteiger partial charge in [0.25, 0.3) is 6.47 Å². The highest BCUT2D eigenvalue weighted by molar-refractivity contribution is 5.71. The molecule has 0 spiro atoms. The average molecular weight is 244 g/mol. The Balaban J connectivity index is 4.38. The summed E-state index contributed by atoms with van der Waals surface area (Å²) in [5.41, 5.74) is -0.808. The van der Waals surface area contributed by atoms with Gasteiger partial charge >= 0.3 is 5.97 Å². The summed E-state index contributed by atoms with van der Waals surface area (Å²) in [7, 11) is 0. The van der Waals surface area contributed by atoms with Gasteiger partial charge in [-0.05, 0) is 25.7 Å². The summed E-state index contributed by atoms with van der Waals surface area (Å²) in [6.07, 6.45) is -0.0312. The third kappa shape index (κ3) is 6.29. The Kier molecular flexibility index (Phi) is 6.21. The van der Waals surface area contributed by atoms with E-state index in [0.29, 0.717) is 6.47 Å². The Bertz CT molecular complexity index is 248. The first-order chi connectivity index (χ1) is 7.69. The molecule has 17 heavy (non-hydrogen) atoms. The van der Waals surface area contributed by atoms with Crippen molar-refractivity contribution in [2.45, 2.75) is 59.7 Å². The van der Waals surface area contributed by atoms with Crippen molar-refractivity contribution in [3.63, 3.8) is 0 Å². The predicted molar refractivity (Wildman–Crippen MR) is 65.4 cm³/mol. The minimum atomic E-state index is -0.808. The van der Waals surface area contributed by atoms with Crippen LogP contribution >= 0.6 is 0 Å². The molecule has 0 rings (SSSR count). The molecule has 0 saturated carbocycles. The first-order valence-corrected chi connectivity index (χ1v) is 6.00. The third-order valence-corrected chi connectivity index (χ3v) is 2.52. The standard InChI is InChI=1S/C13H24O4/c1-9(2)12(10(3)4)17-11(15)7-13(5,6)16-8-14/h8-10,12H,7H2,1-6H3. The zero-order chi connectivity index (χ0) is 13.6. The molecule has 0 bridgehead atoms. The molecule has 0 amide bonds. The minimum Gasteiger partial charge on any atom is -0.462 e. The largest absolute Gasteiger partial charge is 0.462 e. The number of hydrogen-bond donors (Lipinski definition) is 0. The third-order valence-electron chi connectivity index (χ3n) is 2.52. The fourth-order valence-corrected chi connectivity index (χ4v) is 1.75. The van der Waals surface area contributed by atoms with Gasteiger partial charge in [-0.15, -0.1) is 0 Å². The van der Waals surface area contributed by atoms with Crippen molar-refractivity contribution in [1.29, 1.82) is 0 Å². The lowest BCUT2D eigenvalue weighted by molar-refractivity contribution is -0.162. The van der Waals surface area contributed by atoms with Crippen LogP contribution in [0.2, 0.25) is 0 Å². The monoisotopic (exact) mass is 244 g/mol. The summed E-state index contributed by atoms with van der Waals surface area (Å²) in [5.74, 6) is 0.215. The molecule has 100 valence electrons. The van der Waals surface area contributed by atoms with E-state index >= 15 is 0 Å². The maximum atomic E-state index is 11.7. The van der Waals surface area contributed by atoms with Gasteiger partial charge in [0, 0.05) is 0 Å². The zero-order valence-electron chi connectivity index (χ0n) is 11.6. The van der Waals surface area contributed by atoms with Gasteiger partial charge in [0.1, 0.15) is 11.7 Å². The normalized spacial score (nSPS) is 12.1. The molecule has 0 saturated heterocycles. The van der Waals surface area contributed by atoms with Crippen LogP contribution in [0.1, 0.15) is 48.0 Å². The molecule has 0 N–H and O–H groups in total. The van der Waals surface area contributed by atoms with Crippen LogP contribution in [0.4, 0.5) is 0 Å². The van der Waals surface area contributed by atoms with Crippen LogP contribution in [-0.4, -0.2) is 24.1 Å². The smallest absolute Gasteiger partial charge is 0.310 e.